The van der Waals surface area contributed by atoms with Crippen LogP contribution in [-0.2, 0) is 16.6 Å². The summed E-state index contributed by atoms with van der Waals surface area (Å²) in [6, 6.07) is 5.70. The minimum absolute atomic E-state index is 0.00819. The zero-order chi connectivity index (χ0) is 25.5. The second kappa shape index (κ2) is 9.24. The Bertz CT molecular complexity index is 1580. The van der Waals surface area contributed by atoms with E-state index in [9.17, 15) is 18.0 Å². The molecule has 4 aromatic rings. The van der Waals surface area contributed by atoms with Crippen LogP contribution < -0.4 is 15.6 Å². The number of rotatable bonds is 7. The molecule has 0 spiro atoms. The van der Waals surface area contributed by atoms with Gasteiger partial charge in [-0.15, -0.1) is 11.3 Å². The minimum Gasteiger partial charge on any atom is -0.337 e. The van der Waals surface area contributed by atoms with Gasteiger partial charge in [0.25, 0.3) is 21.5 Å². The van der Waals surface area contributed by atoms with Gasteiger partial charge in [-0.05, 0) is 64.7 Å². The molecule has 0 aliphatic heterocycles. The maximum atomic E-state index is 12.9. The van der Waals surface area contributed by atoms with Gasteiger partial charge in [-0.2, -0.15) is 0 Å². The van der Waals surface area contributed by atoms with Gasteiger partial charge in [0, 0.05) is 11.3 Å². The van der Waals surface area contributed by atoms with Crippen molar-refractivity contribution in [3.8, 4) is 0 Å². The second-order valence-corrected chi connectivity index (χ2v) is 11.0. The number of H-pyrrole nitrogens is 1. The molecule has 1 amide bonds. The number of fused-ring (bicyclic) bond motifs is 1. The number of thiophene rings is 1. The van der Waals surface area contributed by atoms with Crippen LogP contribution >= 0.6 is 11.3 Å². The first-order valence-electron chi connectivity index (χ1n) is 10.5. The molecule has 0 aliphatic rings. The SMILES string of the molecule is Cc1noc(NS(=O)(=O)c2ccc(NC(=O)c3sc4nc(CN(C)C)[nH]c(=O)c4c3C)cc2)c1C. The van der Waals surface area contributed by atoms with Crippen LogP contribution in [0.3, 0.4) is 0 Å². The highest BCUT2D eigenvalue weighted by molar-refractivity contribution is 7.92. The summed E-state index contributed by atoms with van der Waals surface area (Å²) in [5, 5.41) is 6.87. The van der Waals surface area contributed by atoms with Crippen molar-refractivity contribution in [1.82, 2.24) is 20.0 Å². The molecule has 0 bridgehead atoms. The van der Waals surface area contributed by atoms with Crippen molar-refractivity contribution in [2.45, 2.75) is 32.2 Å². The number of aromatic amines is 1. The molecule has 0 aliphatic carbocycles. The lowest BCUT2D eigenvalue weighted by molar-refractivity contribution is 0.103. The van der Waals surface area contributed by atoms with Gasteiger partial charge >= 0.3 is 0 Å². The Labute approximate surface area is 205 Å². The number of nitrogens with one attached hydrogen (secondary N) is 3. The van der Waals surface area contributed by atoms with E-state index in [1.54, 1.807) is 20.8 Å². The zero-order valence-corrected chi connectivity index (χ0v) is 21.3. The Morgan fingerprint density at radius 3 is 2.43 bits per heavy atom. The monoisotopic (exact) mass is 516 g/mol. The number of hydrogen-bond acceptors (Lipinski definition) is 9. The number of anilines is 2. The molecule has 1 aromatic carbocycles. The zero-order valence-electron chi connectivity index (χ0n) is 19.7. The Morgan fingerprint density at radius 1 is 1.14 bits per heavy atom. The normalized spacial score (nSPS) is 11.8. The molecular weight excluding hydrogens is 492 g/mol. The van der Waals surface area contributed by atoms with Gasteiger partial charge in [0.15, 0.2) is 0 Å². The van der Waals surface area contributed by atoms with Gasteiger partial charge in [0.05, 0.1) is 27.4 Å². The van der Waals surface area contributed by atoms with E-state index in [0.29, 0.717) is 50.0 Å². The molecule has 3 heterocycles. The highest BCUT2D eigenvalue weighted by Crippen LogP contribution is 2.28. The van der Waals surface area contributed by atoms with Crippen molar-refractivity contribution in [1.29, 1.82) is 0 Å². The standard InChI is InChI=1S/C22H24N6O5S2/c1-11-13(3)26-33-21(11)27-35(31,32)15-8-6-14(7-9-15)23-20(30)18-12(2)17-19(29)24-16(10-28(4)5)25-22(17)34-18/h6-9,27H,10H2,1-5H3,(H,23,30)(H,24,25,29). The van der Waals surface area contributed by atoms with Crippen LogP contribution in [-0.4, -0.2) is 48.4 Å². The molecule has 0 saturated heterocycles. The van der Waals surface area contributed by atoms with E-state index in [0.717, 1.165) is 11.3 Å². The van der Waals surface area contributed by atoms with E-state index in [4.69, 9.17) is 4.52 Å². The van der Waals surface area contributed by atoms with E-state index < -0.39 is 15.9 Å². The summed E-state index contributed by atoms with van der Waals surface area (Å²) < 4.78 is 32.7. The molecule has 0 saturated carbocycles. The summed E-state index contributed by atoms with van der Waals surface area (Å²) in [6.07, 6.45) is 0. The number of carbonyl (C=O) groups excluding carboxylic acids is 1. The lowest BCUT2D eigenvalue weighted by Crippen LogP contribution is -2.18. The summed E-state index contributed by atoms with van der Waals surface area (Å²) in [6.45, 7) is 5.57. The predicted molar refractivity (Wildman–Crippen MR) is 134 cm³/mol. The average molecular weight is 517 g/mol. The molecule has 13 heteroatoms. The smallest absolute Gasteiger partial charge is 0.266 e. The maximum absolute atomic E-state index is 12.9. The third kappa shape index (κ3) is 4.97. The summed E-state index contributed by atoms with van der Waals surface area (Å²) >= 11 is 1.13. The molecular formula is C22H24N6O5S2. The first-order valence-corrected chi connectivity index (χ1v) is 12.8. The van der Waals surface area contributed by atoms with Gasteiger partial charge in [-0.25, -0.2) is 18.1 Å². The fraction of sp³-hybridized carbons (Fsp3) is 0.273. The molecule has 0 fully saturated rings. The van der Waals surface area contributed by atoms with Crippen molar-refractivity contribution in [3.05, 3.63) is 62.1 Å². The van der Waals surface area contributed by atoms with Gasteiger partial charge < -0.3 is 19.7 Å². The number of sulfonamides is 1. The van der Waals surface area contributed by atoms with Crippen LogP contribution in [0, 0.1) is 20.8 Å². The highest BCUT2D eigenvalue weighted by Gasteiger charge is 2.21. The molecule has 11 nitrogen and oxygen atoms in total. The second-order valence-electron chi connectivity index (χ2n) is 8.29. The molecule has 0 unspecified atom stereocenters. The molecule has 184 valence electrons. The van der Waals surface area contributed by atoms with Crippen LogP contribution in [0.2, 0.25) is 0 Å². The van der Waals surface area contributed by atoms with Crippen molar-refractivity contribution in [3.63, 3.8) is 0 Å². The quantitative estimate of drug-likeness (QED) is 0.339. The van der Waals surface area contributed by atoms with Gasteiger partial charge in [-0.3, -0.25) is 9.59 Å². The van der Waals surface area contributed by atoms with Crippen LogP contribution in [0.1, 0.15) is 32.3 Å². The lowest BCUT2D eigenvalue weighted by Gasteiger charge is -2.08. The number of carbonyl (C=O) groups is 1. The third-order valence-corrected chi connectivity index (χ3v) is 7.86. The van der Waals surface area contributed by atoms with Gasteiger partial charge in [0.1, 0.15) is 10.7 Å². The first kappa shape index (κ1) is 24.6. The number of aryl methyl sites for hydroxylation is 2. The predicted octanol–water partition coefficient (Wildman–Crippen LogP) is 3.01. The van der Waals surface area contributed by atoms with E-state index in [1.165, 1.54) is 24.3 Å². The van der Waals surface area contributed by atoms with Crippen LogP contribution in [0.5, 0.6) is 0 Å². The lowest BCUT2D eigenvalue weighted by atomic mass is 10.2. The van der Waals surface area contributed by atoms with E-state index in [1.807, 2.05) is 19.0 Å². The number of benzene rings is 1. The van der Waals surface area contributed by atoms with Gasteiger partial charge in [0.2, 0.25) is 5.88 Å². The van der Waals surface area contributed by atoms with Crippen LogP contribution in [0.4, 0.5) is 11.6 Å². The average Bonchev–Trinajstić information content (AvgIpc) is 3.27. The van der Waals surface area contributed by atoms with Crippen LogP contribution in [0.15, 0.2) is 38.5 Å². The van der Waals surface area contributed by atoms with Crippen molar-refractivity contribution >= 4 is 49.1 Å². The maximum Gasteiger partial charge on any atom is 0.266 e. The largest absolute Gasteiger partial charge is 0.337 e. The topological polar surface area (TPSA) is 150 Å². The number of amides is 1. The van der Waals surface area contributed by atoms with E-state index >= 15 is 0 Å². The minimum atomic E-state index is -3.91. The summed E-state index contributed by atoms with van der Waals surface area (Å²) in [5.74, 6) is 0.153. The highest BCUT2D eigenvalue weighted by atomic mass is 32.2. The molecule has 0 atom stereocenters. The van der Waals surface area contributed by atoms with Gasteiger partial charge in [-0.1, -0.05) is 5.16 Å². The number of aromatic nitrogens is 3. The molecule has 35 heavy (non-hydrogen) atoms. The van der Waals surface area contributed by atoms with Crippen LogP contribution in [0.25, 0.3) is 10.2 Å². The number of hydrogen-bond donors (Lipinski definition) is 3. The summed E-state index contributed by atoms with van der Waals surface area (Å²) in [5.41, 5.74) is 1.82. The van der Waals surface area contributed by atoms with E-state index in [-0.39, 0.29) is 16.3 Å². The molecule has 3 N–H and O–H groups in total. The Hall–Kier alpha value is -3.55. The molecule has 3 aromatic heterocycles. The van der Waals surface area contributed by atoms with Crippen molar-refractivity contribution < 1.29 is 17.7 Å². The number of nitrogens with zero attached hydrogens (tertiary/aromatic N) is 3. The molecule has 0 radical (unpaired) electrons. The van der Waals surface area contributed by atoms with E-state index in [2.05, 4.69) is 25.2 Å². The third-order valence-electron chi connectivity index (χ3n) is 5.33. The molecule has 4 rings (SSSR count). The fourth-order valence-electron chi connectivity index (χ4n) is 3.38. The van der Waals surface area contributed by atoms with Crippen molar-refractivity contribution in [2.24, 2.45) is 0 Å². The summed E-state index contributed by atoms with van der Waals surface area (Å²) in [4.78, 5) is 35.5. The fourth-order valence-corrected chi connectivity index (χ4v) is 5.52. The Kier molecular flexibility index (Phi) is 6.49. The Morgan fingerprint density at radius 2 is 1.83 bits per heavy atom. The Balaban J connectivity index is 1.54. The first-order chi connectivity index (χ1) is 16.5. The van der Waals surface area contributed by atoms with Crippen molar-refractivity contribution in [2.75, 3.05) is 24.1 Å². The summed E-state index contributed by atoms with van der Waals surface area (Å²) in [7, 11) is -0.173.